The first-order valence-corrected chi connectivity index (χ1v) is 11.3. The third kappa shape index (κ3) is 5.36. The van der Waals surface area contributed by atoms with Gasteiger partial charge in [-0.1, -0.05) is 56.2 Å². The van der Waals surface area contributed by atoms with Crippen molar-refractivity contribution in [2.75, 3.05) is 11.9 Å². The first-order valence-electron chi connectivity index (χ1n) is 11.3. The summed E-state index contributed by atoms with van der Waals surface area (Å²) < 4.78 is 5.59. The maximum atomic E-state index is 13.1. The van der Waals surface area contributed by atoms with Gasteiger partial charge in [0, 0.05) is 22.2 Å². The Kier molecular flexibility index (Phi) is 6.88. The van der Waals surface area contributed by atoms with Gasteiger partial charge < -0.3 is 10.1 Å². The van der Waals surface area contributed by atoms with E-state index in [1.807, 2.05) is 18.2 Å². The van der Waals surface area contributed by atoms with Crippen LogP contribution in [0.4, 0.5) is 5.69 Å². The zero-order chi connectivity index (χ0) is 24.9. The van der Waals surface area contributed by atoms with Crippen molar-refractivity contribution in [2.45, 2.75) is 26.7 Å². The molecule has 6 heteroatoms. The first-order chi connectivity index (χ1) is 16.9. The van der Waals surface area contributed by atoms with Gasteiger partial charge in [0.1, 0.15) is 12.4 Å². The van der Waals surface area contributed by atoms with Gasteiger partial charge in [0.05, 0.1) is 11.2 Å². The lowest BCUT2D eigenvalue weighted by Crippen LogP contribution is -2.16. The Morgan fingerprint density at radius 1 is 1.03 bits per heavy atom. The van der Waals surface area contributed by atoms with Crippen LogP contribution in [-0.4, -0.2) is 28.3 Å². The minimum Gasteiger partial charge on any atom is -0.481 e. The number of aromatic nitrogens is 2. The first kappa shape index (κ1) is 23.7. The maximum absolute atomic E-state index is 13.1. The summed E-state index contributed by atoms with van der Waals surface area (Å²) in [6.07, 6.45) is 5.33. The number of benzene rings is 3. The largest absolute Gasteiger partial charge is 0.481 e. The highest BCUT2D eigenvalue weighted by atomic mass is 16.5. The molecule has 0 saturated carbocycles. The van der Waals surface area contributed by atoms with Gasteiger partial charge in [-0.2, -0.15) is 0 Å². The van der Waals surface area contributed by atoms with E-state index in [0.717, 1.165) is 10.9 Å². The third-order valence-electron chi connectivity index (χ3n) is 5.57. The summed E-state index contributed by atoms with van der Waals surface area (Å²) in [5.74, 6) is 2.91. The van der Waals surface area contributed by atoms with Gasteiger partial charge in [-0.15, -0.1) is 6.42 Å². The number of carbonyl (C=O) groups excluding carboxylic acids is 2. The Morgan fingerprint density at radius 3 is 2.49 bits per heavy atom. The summed E-state index contributed by atoms with van der Waals surface area (Å²) in [5, 5.41) is 3.54. The van der Waals surface area contributed by atoms with E-state index in [-0.39, 0.29) is 18.2 Å². The second-order valence-electron chi connectivity index (χ2n) is 8.44. The van der Waals surface area contributed by atoms with Crippen molar-refractivity contribution in [1.29, 1.82) is 0 Å². The second-order valence-corrected chi connectivity index (χ2v) is 8.44. The van der Waals surface area contributed by atoms with Gasteiger partial charge in [0.15, 0.2) is 5.78 Å². The molecule has 1 N–H and O–H groups in total. The Bertz CT molecular complexity index is 1450. The van der Waals surface area contributed by atoms with Crippen LogP contribution in [0, 0.1) is 12.3 Å². The van der Waals surface area contributed by atoms with Crippen molar-refractivity contribution in [3.8, 4) is 29.4 Å². The molecule has 0 aliphatic rings. The Labute approximate surface area is 204 Å². The minimum atomic E-state index is -0.472. The van der Waals surface area contributed by atoms with Crippen molar-refractivity contribution < 1.29 is 14.3 Å². The number of ketones is 1. The number of Topliss-reactive ketones (excluding diaryl/α,β-unsaturated/α-hetero) is 1. The molecule has 0 radical (unpaired) electrons. The van der Waals surface area contributed by atoms with E-state index < -0.39 is 5.91 Å². The Hall–Kier alpha value is -4.50. The molecular formula is C29H25N3O3. The van der Waals surface area contributed by atoms with E-state index in [1.54, 1.807) is 36.4 Å². The molecule has 0 saturated heterocycles. The van der Waals surface area contributed by atoms with Crippen molar-refractivity contribution in [3.05, 3.63) is 83.7 Å². The summed E-state index contributed by atoms with van der Waals surface area (Å²) in [6, 6.07) is 20.2. The van der Waals surface area contributed by atoms with Crippen molar-refractivity contribution in [2.24, 2.45) is 0 Å². The highest BCUT2D eigenvalue weighted by Gasteiger charge is 2.17. The van der Waals surface area contributed by atoms with Crippen LogP contribution in [0.2, 0.25) is 0 Å². The monoisotopic (exact) mass is 463 g/mol. The summed E-state index contributed by atoms with van der Waals surface area (Å²) in [5.41, 5.74) is 4.26. The van der Waals surface area contributed by atoms with Crippen LogP contribution in [0.5, 0.6) is 5.75 Å². The fourth-order valence-electron chi connectivity index (χ4n) is 3.67. The zero-order valence-corrected chi connectivity index (χ0v) is 19.8. The third-order valence-corrected chi connectivity index (χ3v) is 5.57. The number of amides is 1. The second kappa shape index (κ2) is 10.2. The minimum absolute atomic E-state index is 0.0194. The van der Waals surface area contributed by atoms with E-state index in [1.165, 1.54) is 12.5 Å². The average molecular weight is 464 g/mol. The van der Waals surface area contributed by atoms with Crippen LogP contribution in [0.15, 0.2) is 66.7 Å². The molecule has 3 aromatic carbocycles. The van der Waals surface area contributed by atoms with Crippen molar-refractivity contribution >= 4 is 28.3 Å². The summed E-state index contributed by atoms with van der Waals surface area (Å²) in [4.78, 5) is 33.9. The van der Waals surface area contributed by atoms with Crippen LogP contribution in [0.1, 0.15) is 53.2 Å². The average Bonchev–Trinajstić information content (AvgIpc) is 2.86. The van der Waals surface area contributed by atoms with Gasteiger partial charge >= 0.3 is 0 Å². The smallest absolute Gasteiger partial charge is 0.293 e. The number of ether oxygens (including phenoxy) is 1. The van der Waals surface area contributed by atoms with E-state index >= 15 is 0 Å². The van der Waals surface area contributed by atoms with Crippen LogP contribution >= 0.6 is 0 Å². The molecule has 1 heterocycles. The van der Waals surface area contributed by atoms with E-state index in [4.69, 9.17) is 11.2 Å². The van der Waals surface area contributed by atoms with E-state index in [9.17, 15) is 9.59 Å². The van der Waals surface area contributed by atoms with E-state index in [0.29, 0.717) is 34.1 Å². The number of hydrogen-bond donors (Lipinski definition) is 1. The molecule has 4 aromatic rings. The van der Waals surface area contributed by atoms with Gasteiger partial charge in [0.25, 0.3) is 5.91 Å². The molecule has 0 aliphatic heterocycles. The Morgan fingerprint density at radius 2 is 1.80 bits per heavy atom. The van der Waals surface area contributed by atoms with Crippen LogP contribution < -0.4 is 10.1 Å². The lowest BCUT2D eigenvalue weighted by molar-refractivity contribution is 0.100. The number of hydrogen-bond acceptors (Lipinski definition) is 5. The normalized spacial score (nSPS) is 10.7. The predicted molar refractivity (Wildman–Crippen MR) is 138 cm³/mol. The molecule has 0 atom stereocenters. The molecule has 0 fully saturated rings. The summed E-state index contributed by atoms with van der Waals surface area (Å²) in [6.45, 7) is 5.89. The van der Waals surface area contributed by atoms with Gasteiger partial charge in [-0.05, 0) is 48.7 Å². The number of fused-ring (bicyclic) bond motifs is 1. The number of carbonyl (C=O) groups is 2. The maximum Gasteiger partial charge on any atom is 0.293 e. The zero-order valence-electron chi connectivity index (χ0n) is 19.8. The lowest BCUT2D eigenvalue weighted by Gasteiger charge is -2.12. The molecule has 0 aliphatic carbocycles. The summed E-state index contributed by atoms with van der Waals surface area (Å²) in [7, 11) is 0. The van der Waals surface area contributed by atoms with Crippen LogP contribution in [0.25, 0.3) is 22.2 Å². The summed E-state index contributed by atoms with van der Waals surface area (Å²) >= 11 is 0. The Balaban J connectivity index is 1.78. The standard InChI is InChI=1S/C29H25N3O3/c1-5-15-35-24-13-14-26-25(17-24)27(21-11-9-20(10-12-21)18(2)3)32-28(31-26)29(34)30-23-8-6-7-22(16-23)19(4)33/h1,6-14,16-18H,15H2,2-4H3,(H,30,34). The topological polar surface area (TPSA) is 81.2 Å². The highest BCUT2D eigenvalue weighted by molar-refractivity contribution is 6.05. The van der Waals surface area contributed by atoms with Crippen molar-refractivity contribution in [3.63, 3.8) is 0 Å². The SMILES string of the molecule is C#CCOc1ccc2nc(C(=O)Nc3cccc(C(C)=O)c3)nc(-c3ccc(C(C)C)cc3)c2c1. The number of rotatable bonds is 7. The lowest BCUT2D eigenvalue weighted by atomic mass is 9.99. The number of anilines is 1. The van der Waals surface area contributed by atoms with Crippen LogP contribution in [0.3, 0.4) is 0 Å². The fourth-order valence-corrected chi connectivity index (χ4v) is 3.67. The molecular weight excluding hydrogens is 438 g/mol. The van der Waals surface area contributed by atoms with Crippen LogP contribution in [-0.2, 0) is 0 Å². The molecule has 1 aromatic heterocycles. The molecule has 4 rings (SSSR count). The molecule has 1 amide bonds. The number of terminal acetylenes is 1. The van der Waals surface area contributed by atoms with Crippen molar-refractivity contribution in [1.82, 2.24) is 9.97 Å². The number of nitrogens with zero attached hydrogens (tertiary/aromatic N) is 2. The van der Waals surface area contributed by atoms with Gasteiger partial charge in [-0.25, -0.2) is 9.97 Å². The molecule has 35 heavy (non-hydrogen) atoms. The highest BCUT2D eigenvalue weighted by Crippen LogP contribution is 2.30. The fraction of sp³-hybridized carbons (Fsp3) is 0.172. The predicted octanol–water partition coefficient (Wildman–Crippen LogP) is 5.89. The molecule has 0 unspecified atom stereocenters. The molecule has 0 bridgehead atoms. The van der Waals surface area contributed by atoms with Gasteiger partial charge in [-0.3, -0.25) is 9.59 Å². The molecule has 174 valence electrons. The quantitative estimate of drug-likeness (QED) is 0.273. The molecule has 0 spiro atoms. The molecule has 6 nitrogen and oxygen atoms in total. The van der Waals surface area contributed by atoms with E-state index in [2.05, 4.69) is 47.2 Å². The van der Waals surface area contributed by atoms with Gasteiger partial charge in [0.2, 0.25) is 5.82 Å². The number of nitrogens with one attached hydrogen (secondary N) is 1.